The smallest absolute Gasteiger partial charge is 0.249 e. The molecule has 1 aliphatic heterocycles. The third-order valence-corrected chi connectivity index (χ3v) is 5.33. The van der Waals surface area contributed by atoms with Crippen molar-refractivity contribution in [1.29, 1.82) is 0 Å². The van der Waals surface area contributed by atoms with E-state index in [0.717, 1.165) is 16.7 Å². The fraction of sp³-hybridized carbons (Fsp3) is 0.192. The summed E-state index contributed by atoms with van der Waals surface area (Å²) in [6, 6.07) is 24.5. The Morgan fingerprint density at radius 2 is 1.68 bits per heavy atom. The summed E-state index contributed by atoms with van der Waals surface area (Å²) in [7, 11) is 0. The van der Waals surface area contributed by atoms with E-state index in [9.17, 15) is 4.79 Å². The van der Waals surface area contributed by atoms with E-state index in [-0.39, 0.29) is 19.3 Å². The predicted octanol–water partition coefficient (Wildman–Crippen LogP) is 4.08. The summed E-state index contributed by atoms with van der Waals surface area (Å²) in [4.78, 5) is 17.2. The van der Waals surface area contributed by atoms with Crippen LogP contribution < -0.4 is 14.8 Å². The molecule has 1 aliphatic rings. The molecule has 0 saturated heterocycles. The number of aromatic nitrogens is 2. The van der Waals surface area contributed by atoms with Crippen LogP contribution in [0.2, 0.25) is 0 Å². The van der Waals surface area contributed by atoms with Crippen molar-refractivity contribution < 1.29 is 23.5 Å². The first kappa shape index (κ1) is 21.7. The van der Waals surface area contributed by atoms with Crippen molar-refractivity contribution in [3.8, 4) is 22.9 Å². The standard InChI is InChI=1S/C26H23N3O5/c30-24(16-31-15-19-9-5-2-6-10-19)27-21(13-18-7-3-1-4-8-18)26-28-25(29-34-26)20-11-12-22-23(14-20)33-17-32-22/h1-12,14,21H,13,15-17H2,(H,27,30). The second-order valence-electron chi connectivity index (χ2n) is 7.81. The molecular formula is C26H23N3O5. The minimum Gasteiger partial charge on any atom is -0.454 e. The van der Waals surface area contributed by atoms with Crippen molar-refractivity contribution in [2.45, 2.75) is 19.1 Å². The number of carbonyl (C=O) groups excluding carboxylic acids is 1. The molecule has 1 aromatic heterocycles. The van der Waals surface area contributed by atoms with Crippen molar-refractivity contribution in [3.05, 3.63) is 95.9 Å². The fourth-order valence-corrected chi connectivity index (χ4v) is 3.65. The molecule has 172 valence electrons. The average molecular weight is 457 g/mol. The van der Waals surface area contributed by atoms with Crippen LogP contribution in [-0.2, 0) is 22.6 Å². The number of ether oxygens (including phenoxy) is 3. The second kappa shape index (κ2) is 10.2. The van der Waals surface area contributed by atoms with E-state index in [0.29, 0.717) is 36.2 Å². The molecule has 0 radical (unpaired) electrons. The highest BCUT2D eigenvalue weighted by Crippen LogP contribution is 2.35. The molecule has 1 amide bonds. The first-order valence-electron chi connectivity index (χ1n) is 10.9. The summed E-state index contributed by atoms with van der Waals surface area (Å²) >= 11 is 0. The van der Waals surface area contributed by atoms with Gasteiger partial charge in [-0.1, -0.05) is 65.8 Å². The van der Waals surface area contributed by atoms with Gasteiger partial charge in [-0.25, -0.2) is 0 Å². The fourth-order valence-electron chi connectivity index (χ4n) is 3.65. The Bertz CT molecular complexity index is 1240. The molecule has 0 saturated carbocycles. The first-order valence-corrected chi connectivity index (χ1v) is 10.9. The molecule has 1 N–H and O–H groups in total. The molecule has 1 atom stereocenters. The Balaban J connectivity index is 1.29. The summed E-state index contributed by atoms with van der Waals surface area (Å²) in [5, 5.41) is 7.09. The van der Waals surface area contributed by atoms with Crippen LogP contribution in [0.3, 0.4) is 0 Å². The highest BCUT2D eigenvalue weighted by Gasteiger charge is 2.23. The molecule has 0 fully saturated rings. The molecule has 0 spiro atoms. The maximum absolute atomic E-state index is 12.7. The van der Waals surface area contributed by atoms with Crippen molar-refractivity contribution in [2.24, 2.45) is 0 Å². The second-order valence-corrected chi connectivity index (χ2v) is 7.81. The number of fused-ring (bicyclic) bond motifs is 1. The van der Waals surface area contributed by atoms with E-state index < -0.39 is 6.04 Å². The monoisotopic (exact) mass is 457 g/mol. The molecular weight excluding hydrogens is 434 g/mol. The molecule has 1 unspecified atom stereocenters. The summed E-state index contributed by atoms with van der Waals surface area (Å²) in [6.07, 6.45) is 0.494. The Kier molecular flexibility index (Phi) is 6.49. The first-order chi connectivity index (χ1) is 16.7. The van der Waals surface area contributed by atoms with E-state index in [4.69, 9.17) is 18.7 Å². The maximum Gasteiger partial charge on any atom is 0.249 e. The zero-order valence-electron chi connectivity index (χ0n) is 18.3. The van der Waals surface area contributed by atoms with E-state index in [1.54, 1.807) is 12.1 Å². The van der Waals surface area contributed by atoms with Crippen molar-refractivity contribution >= 4 is 5.91 Å². The molecule has 0 bridgehead atoms. The Hall–Kier alpha value is -4.17. The SMILES string of the molecule is O=C(COCc1ccccc1)NC(Cc1ccccc1)c1nc(-c2ccc3c(c2)OCO3)no1. The molecule has 8 nitrogen and oxygen atoms in total. The number of nitrogens with one attached hydrogen (secondary N) is 1. The highest BCUT2D eigenvalue weighted by atomic mass is 16.7. The maximum atomic E-state index is 12.7. The van der Waals surface area contributed by atoms with E-state index >= 15 is 0 Å². The normalized spacial score (nSPS) is 12.9. The molecule has 4 aromatic rings. The van der Waals surface area contributed by atoms with E-state index in [2.05, 4.69) is 15.5 Å². The minimum absolute atomic E-state index is 0.0800. The van der Waals surface area contributed by atoms with Crippen molar-refractivity contribution in [2.75, 3.05) is 13.4 Å². The van der Waals surface area contributed by atoms with Crippen molar-refractivity contribution in [1.82, 2.24) is 15.5 Å². The zero-order chi connectivity index (χ0) is 23.2. The van der Waals surface area contributed by atoms with Gasteiger partial charge in [-0.15, -0.1) is 0 Å². The number of hydrogen-bond acceptors (Lipinski definition) is 7. The highest BCUT2D eigenvalue weighted by molar-refractivity contribution is 5.77. The number of hydrogen-bond donors (Lipinski definition) is 1. The minimum atomic E-state index is -0.509. The Morgan fingerprint density at radius 3 is 2.47 bits per heavy atom. The van der Waals surface area contributed by atoms with E-state index in [1.165, 1.54) is 0 Å². The predicted molar refractivity (Wildman–Crippen MR) is 123 cm³/mol. The van der Waals surface area contributed by atoms with Crippen LogP contribution in [0, 0.1) is 0 Å². The van der Waals surface area contributed by atoms with Crippen LogP contribution in [0.5, 0.6) is 11.5 Å². The molecule has 5 rings (SSSR count). The van der Waals surface area contributed by atoms with Gasteiger partial charge >= 0.3 is 0 Å². The van der Waals surface area contributed by atoms with Crippen LogP contribution in [0.1, 0.15) is 23.1 Å². The molecule has 34 heavy (non-hydrogen) atoms. The van der Waals surface area contributed by atoms with Crippen LogP contribution in [0.25, 0.3) is 11.4 Å². The summed E-state index contributed by atoms with van der Waals surface area (Å²) in [5.74, 6) is 1.76. The Morgan fingerprint density at radius 1 is 0.941 bits per heavy atom. The van der Waals surface area contributed by atoms with Gasteiger partial charge in [0.2, 0.25) is 24.4 Å². The third kappa shape index (κ3) is 5.24. The van der Waals surface area contributed by atoms with Gasteiger partial charge in [0.05, 0.1) is 6.61 Å². The van der Waals surface area contributed by atoms with Gasteiger partial charge in [0.15, 0.2) is 11.5 Å². The van der Waals surface area contributed by atoms with Crippen LogP contribution in [-0.4, -0.2) is 29.4 Å². The lowest BCUT2D eigenvalue weighted by Gasteiger charge is -2.15. The van der Waals surface area contributed by atoms with Gasteiger partial charge in [0.1, 0.15) is 12.6 Å². The zero-order valence-corrected chi connectivity index (χ0v) is 18.3. The summed E-state index contributed by atoms with van der Waals surface area (Å²) in [6.45, 7) is 0.462. The largest absolute Gasteiger partial charge is 0.454 e. The number of nitrogens with zero attached hydrogens (tertiary/aromatic N) is 2. The third-order valence-electron chi connectivity index (χ3n) is 5.33. The molecule has 8 heteroatoms. The Labute approximate surface area is 196 Å². The lowest BCUT2D eigenvalue weighted by Crippen LogP contribution is -2.33. The van der Waals surface area contributed by atoms with Gasteiger partial charge in [0.25, 0.3) is 0 Å². The number of amides is 1. The van der Waals surface area contributed by atoms with Gasteiger partial charge < -0.3 is 24.1 Å². The van der Waals surface area contributed by atoms with Crippen molar-refractivity contribution in [3.63, 3.8) is 0 Å². The summed E-state index contributed by atoms with van der Waals surface area (Å²) < 4.78 is 21.9. The van der Waals surface area contributed by atoms with Gasteiger partial charge in [-0.3, -0.25) is 4.79 Å². The number of rotatable bonds is 9. The van der Waals surface area contributed by atoms with Gasteiger partial charge in [-0.05, 0) is 29.3 Å². The number of carbonyl (C=O) groups is 1. The van der Waals surface area contributed by atoms with E-state index in [1.807, 2.05) is 66.7 Å². The lowest BCUT2D eigenvalue weighted by atomic mass is 10.1. The topological polar surface area (TPSA) is 95.7 Å². The van der Waals surface area contributed by atoms with Crippen LogP contribution >= 0.6 is 0 Å². The molecule has 3 aromatic carbocycles. The molecule has 2 heterocycles. The summed E-state index contributed by atoms with van der Waals surface area (Å²) in [5.41, 5.74) is 2.76. The van der Waals surface area contributed by atoms with Crippen LogP contribution in [0.15, 0.2) is 83.4 Å². The van der Waals surface area contributed by atoms with Gasteiger partial charge in [0, 0.05) is 12.0 Å². The van der Waals surface area contributed by atoms with Gasteiger partial charge in [-0.2, -0.15) is 4.98 Å². The quantitative estimate of drug-likeness (QED) is 0.405. The number of benzene rings is 3. The lowest BCUT2D eigenvalue weighted by molar-refractivity contribution is -0.127. The average Bonchev–Trinajstić information content (AvgIpc) is 3.54. The molecule has 0 aliphatic carbocycles. The van der Waals surface area contributed by atoms with Crippen LogP contribution in [0.4, 0.5) is 0 Å².